The van der Waals surface area contributed by atoms with Crippen molar-refractivity contribution in [3.63, 3.8) is 0 Å². The molecule has 10 nitrogen and oxygen atoms in total. The molecule has 1 aliphatic carbocycles. The van der Waals surface area contributed by atoms with Gasteiger partial charge in [-0.15, -0.1) is 0 Å². The van der Waals surface area contributed by atoms with Crippen LogP contribution < -0.4 is 9.80 Å². The maximum absolute atomic E-state index is 14.0. The Bertz CT molecular complexity index is 1650. The molecule has 2 aliphatic heterocycles. The van der Waals surface area contributed by atoms with Crippen molar-refractivity contribution in [2.45, 2.75) is 19.8 Å². The molecule has 0 N–H and O–H groups in total. The Balaban J connectivity index is 1.30. The van der Waals surface area contributed by atoms with Gasteiger partial charge in [-0.05, 0) is 38.0 Å². The van der Waals surface area contributed by atoms with Gasteiger partial charge in [-0.1, -0.05) is 29.4 Å². The molecule has 0 radical (unpaired) electrons. The first-order chi connectivity index (χ1) is 20.0. The molecule has 1 atom stereocenters. The molecule has 41 heavy (non-hydrogen) atoms. The summed E-state index contributed by atoms with van der Waals surface area (Å²) >= 11 is 0. The maximum Gasteiger partial charge on any atom is 0.310 e. The van der Waals surface area contributed by atoms with E-state index < -0.39 is 0 Å². The molecule has 2 aromatic heterocycles. The smallest absolute Gasteiger partial charge is 0.310 e. The van der Waals surface area contributed by atoms with Crippen LogP contribution in [0.5, 0.6) is 0 Å². The molecule has 2 aromatic carbocycles. The normalized spacial score (nSPS) is 18.5. The van der Waals surface area contributed by atoms with Crippen LogP contribution in [-0.2, 0) is 9.53 Å². The zero-order chi connectivity index (χ0) is 28.1. The fourth-order valence-corrected chi connectivity index (χ4v) is 6.37. The predicted octanol–water partition coefficient (Wildman–Crippen LogP) is 4.37. The molecule has 10 heteroatoms. The lowest BCUT2D eigenvalue weighted by Gasteiger charge is -2.38. The number of carbonyl (C=O) groups is 3. The first-order valence-corrected chi connectivity index (χ1v) is 14.1. The lowest BCUT2D eigenvalue weighted by Crippen LogP contribution is -2.49. The highest BCUT2D eigenvalue weighted by Gasteiger charge is 2.37. The third-order valence-electron chi connectivity index (χ3n) is 8.38. The first-order valence-electron chi connectivity index (χ1n) is 14.1. The number of fused-ring (bicyclic) bond motifs is 2. The van der Waals surface area contributed by atoms with Crippen molar-refractivity contribution in [2.24, 2.45) is 5.92 Å². The average Bonchev–Trinajstić information content (AvgIpc) is 3.71. The minimum atomic E-state index is -0.236. The van der Waals surface area contributed by atoms with E-state index in [1.807, 2.05) is 37.3 Å². The fraction of sp³-hybridized carbons (Fsp3) is 0.355. The van der Waals surface area contributed by atoms with E-state index in [2.05, 4.69) is 15.0 Å². The van der Waals surface area contributed by atoms with Gasteiger partial charge in [-0.25, -0.2) is 0 Å². The fourth-order valence-electron chi connectivity index (χ4n) is 6.37. The minimum absolute atomic E-state index is 0.0695. The molecule has 2 fully saturated rings. The first kappa shape index (κ1) is 25.4. The summed E-state index contributed by atoms with van der Waals surface area (Å²) in [6.45, 7) is 5.49. The second-order valence-corrected chi connectivity index (χ2v) is 10.7. The summed E-state index contributed by atoms with van der Waals surface area (Å²) in [6.07, 6.45) is 3.10. The SMILES string of the molecule is CCOC(=O)C1CCCN(c2cc(N3CCN(C(=O)c4ccco4)CC3)c3c4c(onc24)-c2ccccc2C3=O)C1. The van der Waals surface area contributed by atoms with Crippen LogP contribution in [0.1, 0.15) is 46.2 Å². The second-order valence-electron chi connectivity index (χ2n) is 10.7. The molecule has 0 spiro atoms. The quantitative estimate of drug-likeness (QED) is 0.293. The highest BCUT2D eigenvalue weighted by Crippen LogP contribution is 2.47. The summed E-state index contributed by atoms with van der Waals surface area (Å²) in [5, 5.41) is 5.19. The highest BCUT2D eigenvalue weighted by atomic mass is 16.5. The summed E-state index contributed by atoms with van der Waals surface area (Å²) in [5.74, 6) is 0.267. The standard InChI is InChI=1S/C31H30N4O6/c1-2-39-31(38)19-7-5-11-35(18-19)23-17-22(33-12-14-34(15-13-33)30(37)24-10-6-16-40-24)25-26-27(23)32-41-29(26)21-9-4-3-8-20(21)28(25)36/h3-4,6,8-10,16-17,19H,2,5,7,11-15,18H2,1H3. The van der Waals surface area contributed by atoms with Crippen LogP contribution in [0.2, 0.25) is 0 Å². The van der Waals surface area contributed by atoms with Gasteiger partial charge in [0.05, 0.1) is 41.1 Å². The number of furan rings is 1. The summed E-state index contributed by atoms with van der Waals surface area (Å²) in [7, 11) is 0. The number of amides is 1. The van der Waals surface area contributed by atoms with Gasteiger partial charge in [0.2, 0.25) is 0 Å². The zero-order valence-electron chi connectivity index (χ0n) is 22.8. The number of esters is 1. The van der Waals surface area contributed by atoms with E-state index in [0.717, 1.165) is 36.3 Å². The van der Waals surface area contributed by atoms with Gasteiger partial charge >= 0.3 is 5.97 Å². The molecule has 210 valence electrons. The molecule has 1 unspecified atom stereocenters. The number of rotatable bonds is 5. The summed E-state index contributed by atoms with van der Waals surface area (Å²) in [6, 6.07) is 12.8. The van der Waals surface area contributed by atoms with E-state index in [1.54, 1.807) is 17.0 Å². The molecular formula is C31H30N4O6. The Morgan fingerprint density at radius 2 is 1.80 bits per heavy atom. The number of benzene rings is 2. The predicted molar refractivity (Wildman–Crippen MR) is 151 cm³/mol. The maximum atomic E-state index is 14.0. The van der Waals surface area contributed by atoms with E-state index >= 15 is 0 Å². The van der Waals surface area contributed by atoms with Crippen molar-refractivity contribution in [1.29, 1.82) is 0 Å². The van der Waals surface area contributed by atoms with E-state index in [0.29, 0.717) is 72.9 Å². The Labute approximate surface area is 236 Å². The Kier molecular flexibility index (Phi) is 6.25. The number of piperazine rings is 1. The van der Waals surface area contributed by atoms with Crippen molar-refractivity contribution >= 4 is 39.9 Å². The molecule has 4 aromatic rings. The van der Waals surface area contributed by atoms with Crippen LogP contribution in [-0.4, -0.2) is 73.6 Å². The Morgan fingerprint density at radius 1 is 1.00 bits per heavy atom. The van der Waals surface area contributed by atoms with E-state index in [1.165, 1.54) is 6.26 Å². The van der Waals surface area contributed by atoms with Gasteiger partial charge in [0.15, 0.2) is 17.3 Å². The molecule has 2 saturated heterocycles. The van der Waals surface area contributed by atoms with Crippen LogP contribution in [0.3, 0.4) is 0 Å². The molecule has 7 rings (SSSR count). The molecule has 1 amide bonds. The van der Waals surface area contributed by atoms with Gasteiger partial charge in [-0.3, -0.25) is 14.4 Å². The van der Waals surface area contributed by atoms with E-state index in [-0.39, 0.29) is 23.6 Å². The monoisotopic (exact) mass is 554 g/mol. The Morgan fingerprint density at radius 3 is 2.56 bits per heavy atom. The third-order valence-corrected chi connectivity index (χ3v) is 8.38. The minimum Gasteiger partial charge on any atom is -0.466 e. The number of ketones is 1. The molecule has 4 heterocycles. The van der Waals surface area contributed by atoms with E-state index in [9.17, 15) is 14.4 Å². The number of piperidine rings is 1. The molecular weight excluding hydrogens is 524 g/mol. The zero-order valence-corrected chi connectivity index (χ0v) is 22.8. The summed E-state index contributed by atoms with van der Waals surface area (Å²) in [4.78, 5) is 45.7. The van der Waals surface area contributed by atoms with E-state index in [4.69, 9.17) is 13.7 Å². The van der Waals surface area contributed by atoms with Gasteiger partial charge < -0.3 is 28.4 Å². The van der Waals surface area contributed by atoms with Gasteiger partial charge in [0, 0.05) is 50.4 Å². The average molecular weight is 555 g/mol. The van der Waals surface area contributed by atoms with Gasteiger partial charge in [0.1, 0.15) is 5.52 Å². The van der Waals surface area contributed by atoms with Gasteiger partial charge in [-0.2, -0.15) is 0 Å². The number of nitrogens with zero attached hydrogens (tertiary/aromatic N) is 4. The van der Waals surface area contributed by atoms with Crippen molar-refractivity contribution in [3.05, 3.63) is 65.6 Å². The number of carbonyl (C=O) groups excluding carboxylic acids is 3. The highest BCUT2D eigenvalue weighted by molar-refractivity contribution is 6.28. The second kappa shape index (κ2) is 10.1. The summed E-state index contributed by atoms with van der Waals surface area (Å²) in [5.41, 5.74) is 4.14. The van der Waals surface area contributed by atoms with Crippen LogP contribution in [0, 0.1) is 5.92 Å². The number of anilines is 2. The van der Waals surface area contributed by atoms with Crippen LogP contribution in [0.25, 0.3) is 22.2 Å². The number of hydrogen-bond donors (Lipinski definition) is 0. The van der Waals surface area contributed by atoms with Crippen LogP contribution >= 0.6 is 0 Å². The number of ether oxygens (including phenoxy) is 1. The lowest BCUT2D eigenvalue weighted by atomic mass is 9.85. The van der Waals surface area contributed by atoms with Gasteiger partial charge in [0.25, 0.3) is 5.91 Å². The summed E-state index contributed by atoms with van der Waals surface area (Å²) < 4.78 is 16.6. The van der Waals surface area contributed by atoms with Crippen molar-refractivity contribution in [1.82, 2.24) is 10.1 Å². The van der Waals surface area contributed by atoms with Crippen molar-refractivity contribution < 1.29 is 28.1 Å². The number of hydrogen-bond acceptors (Lipinski definition) is 9. The molecule has 0 bridgehead atoms. The Hall–Kier alpha value is -4.60. The van der Waals surface area contributed by atoms with Crippen LogP contribution in [0.15, 0.2) is 57.7 Å². The third kappa shape index (κ3) is 4.16. The molecule has 0 saturated carbocycles. The lowest BCUT2D eigenvalue weighted by molar-refractivity contribution is -0.148. The van der Waals surface area contributed by atoms with Crippen molar-refractivity contribution in [2.75, 3.05) is 55.7 Å². The van der Waals surface area contributed by atoms with Crippen molar-refractivity contribution in [3.8, 4) is 11.3 Å². The van der Waals surface area contributed by atoms with Crippen LogP contribution in [0.4, 0.5) is 11.4 Å². The largest absolute Gasteiger partial charge is 0.466 e. The topological polar surface area (TPSA) is 109 Å². The molecule has 3 aliphatic rings. The number of aromatic nitrogens is 1.